The van der Waals surface area contributed by atoms with Gasteiger partial charge in [0, 0.05) is 65.4 Å². The largest absolute Gasteiger partial charge is 0.330 e. The molecule has 0 saturated heterocycles. The Bertz CT molecular complexity index is 906. The van der Waals surface area contributed by atoms with Crippen molar-refractivity contribution in [3.05, 3.63) is 96.1 Å². The summed E-state index contributed by atoms with van der Waals surface area (Å²) in [6.45, 7) is 3.70. The minimum Gasteiger partial charge on any atom is -0.330 e. The summed E-state index contributed by atoms with van der Waals surface area (Å²) in [5.74, 6) is 0. The summed E-state index contributed by atoms with van der Waals surface area (Å²) in [5, 5.41) is 0. The second-order valence-electron chi connectivity index (χ2n) is 5.10. The first kappa shape index (κ1) is 23.2. The molecule has 26 heavy (non-hydrogen) atoms. The Labute approximate surface area is 205 Å². The van der Waals surface area contributed by atoms with Gasteiger partial charge in [-0.2, -0.15) is 23.3 Å². The smallest absolute Gasteiger partial charge is 0.0761 e. The van der Waals surface area contributed by atoms with Crippen molar-refractivity contribution in [2.24, 2.45) is 0 Å². The van der Waals surface area contributed by atoms with Crippen molar-refractivity contribution in [3.63, 3.8) is 0 Å². The van der Waals surface area contributed by atoms with Crippen LogP contribution in [0.3, 0.4) is 0 Å². The average molecular weight is 486 g/mol. The maximum atomic E-state index is 4.79. The third-order valence-electron chi connectivity index (χ3n) is 3.48. The van der Waals surface area contributed by atoms with Crippen LogP contribution in [0.15, 0.2) is 60.7 Å². The zero-order valence-corrected chi connectivity index (χ0v) is 20.5. The van der Waals surface area contributed by atoms with Crippen LogP contribution < -0.4 is 0 Å². The van der Waals surface area contributed by atoms with Crippen LogP contribution in [0.2, 0.25) is 0 Å². The van der Waals surface area contributed by atoms with Gasteiger partial charge in [-0.15, -0.1) is 13.8 Å². The molecule has 0 amide bonds. The Kier molecular flexibility index (Phi) is 10.6. The van der Waals surface area contributed by atoms with E-state index >= 15 is 0 Å². The molecule has 0 fully saturated rings. The zero-order chi connectivity index (χ0) is 16.8. The van der Waals surface area contributed by atoms with Gasteiger partial charge in [0.15, 0.2) is 0 Å². The summed E-state index contributed by atoms with van der Waals surface area (Å²) in [6, 6.07) is 11.8. The van der Waals surface area contributed by atoms with E-state index in [1.807, 2.05) is 74.5 Å². The van der Waals surface area contributed by atoms with Gasteiger partial charge >= 0.3 is 0 Å². The van der Waals surface area contributed by atoms with Gasteiger partial charge < -0.3 is 34.3 Å². The summed E-state index contributed by atoms with van der Waals surface area (Å²) in [6.07, 6.45) is 19.7. The van der Waals surface area contributed by atoms with Crippen LogP contribution in [-0.2, 0) is 65.4 Å². The molecule has 1 aromatic heterocycles. The molecule has 0 unspecified atom stereocenters. The molecule has 0 aliphatic rings. The summed E-state index contributed by atoms with van der Waals surface area (Å²) in [5.41, 5.74) is 5.17. The van der Waals surface area contributed by atoms with E-state index in [2.05, 4.69) is 24.3 Å². The number of aromatic nitrogens is 2. The molecule has 2 radical (unpaired) electrons. The molecule has 3 aromatic rings. The fourth-order valence-electron chi connectivity index (χ4n) is 2.36. The predicted octanol–water partition coefficient (Wildman–Crippen LogP) is 4.95. The van der Waals surface area contributed by atoms with Crippen molar-refractivity contribution in [2.75, 3.05) is 0 Å². The van der Waals surface area contributed by atoms with Crippen molar-refractivity contribution >= 4 is 22.1 Å². The number of rotatable bonds is 4. The first-order valence-electron chi connectivity index (χ1n) is 7.70. The zero-order valence-electron chi connectivity index (χ0n) is 14.8. The van der Waals surface area contributed by atoms with Crippen LogP contribution in [0, 0.1) is 24.3 Å². The van der Waals surface area contributed by atoms with Crippen LogP contribution >= 0.6 is 0 Å². The second-order valence-corrected chi connectivity index (χ2v) is 5.10. The fraction of sp³-hybridized carbons (Fsp3) is 0.0909. The van der Waals surface area contributed by atoms with Crippen molar-refractivity contribution in [3.8, 4) is 0 Å². The van der Waals surface area contributed by atoms with E-state index in [-0.39, 0.29) is 65.4 Å². The molecule has 1 heterocycles. The Balaban J connectivity index is 0.00000169. The maximum Gasteiger partial charge on any atom is 0.0761 e. The normalized spacial score (nSPS) is 11.8. The molecule has 0 N–H and O–H groups in total. The van der Waals surface area contributed by atoms with E-state index in [1.165, 1.54) is 0 Å². The van der Waals surface area contributed by atoms with Crippen LogP contribution in [0.4, 0.5) is 0 Å². The van der Waals surface area contributed by atoms with Crippen molar-refractivity contribution in [1.82, 2.24) is 9.97 Å². The Hall–Kier alpha value is -0.792. The molecule has 0 aliphatic heterocycles. The summed E-state index contributed by atoms with van der Waals surface area (Å²) >= 11 is 0. The molecule has 0 bridgehead atoms. The second kappa shape index (κ2) is 11.8. The average Bonchev–Trinajstić information content (AvgIpc) is 2.62. The number of benzene rings is 2. The van der Waals surface area contributed by atoms with Crippen LogP contribution in [-0.4, -0.2) is 9.97 Å². The fourth-order valence-corrected chi connectivity index (χ4v) is 2.36. The molecule has 0 saturated carbocycles. The van der Waals surface area contributed by atoms with E-state index in [0.29, 0.717) is 0 Å². The van der Waals surface area contributed by atoms with Crippen molar-refractivity contribution < 1.29 is 65.4 Å². The Morgan fingerprint density at radius 2 is 1.08 bits per heavy atom. The van der Waals surface area contributed by atoms with Gasteiger partial charge in [0.05, 0.1) is 11.0 Å². The monoisotopic (exact) mass is 486 g/mol. The Morgan fingerprint density at radius 3 is 1.46 bits per heavy atom. The SMILES string of the molecule is C[C-]=CC=[C-]c1ccc([C-]=CC=[C-]C)c2nc3ccccc3nc12.[Y].[Y]. The number of hydrogen-bond acceptors (Lipinski definition) is 2. The van der Waals surface area contributed by atoms with Crippen molar-refractivity contribution in [1.29, 1.82) is 0 Å². The molecular formula is C22H16N2Y2-4. The number of nitrogens with zero attached hydrogens (tertiary/aromatic N) is 2. The minimum absolute atomic E-state index is 0. The molecule has 0 atom stereocenters. The first-order chi connectivity index (χ1) is 11.8. The van der Waals surface area contributed by atoms with E-state index in [4.69, 9.17) is 9.97 Å². The first-order valence-corrected chi connectivity index (χ1v) is 7.70. The molecule has 2 nitrogen and oxygen atoms in total. The third kappa shape index (κ3) is 5.60. The van der Waals surface area contributed by atoms with Gasteiger partial charge in [-0.3, -0.25) is 12.2 Å². The topological polar surface area (TPSA) is 25.8 Å². The van der Waals surface area contributed by atoms with Gasteiger partial charge in [-0.05, 0) is 23.2 Å². The number of fused-ring (bicyclic) bond motifs is 2. The van der Waals surface area contributed by atoms with E-state index in [1.54, 1.807) is 0 Å². The van der Waals surface area contributed by atoms with Crippen molar-refractivity contribution in [2.45, 2.75) is 13.8 Å². The van der Waals surface area contributed by atoms with Gasteiger partial charge in [0.2, 0.25) is 0 Å². The minimum atomic E-state index is 0. The summed E-state index contributed by atoms with van der Waals surface area (Å²) in [7, 11) is 0. The van der Waals surface area contributed by atoms with Gasteiger partial charge in [0.1, 0.15) is 0 Å². The third-order valence-corrected chi connectivity index (χ3v) is 3.48. The molecule has 2 aromatic carbocycles. The molecule has 0 spiro atoms. The van der Waals surface area contributed by atoms with Crippen LogP contribution in [0.25, 0.3) is 22.1 Å². The number of allylic oxidation sites excluding steroid dienone is 6. The molecule has 4 heteroatoms. The van der Waals surface area contributed by atoms with Crippen LogP contribution in [0.5, 0.6) is 0 Å². The Morgan fingerprint density at radius 1 is 0.654 bits per heavy atom. The summed E-state index contributed by atoms with van der Waals surface area (Å²) < 4.78 is 0. The number of para-hydroxylation sites is 2. The molecule has 124 valence electrons. The van der Waals surface area contributed by atoms with E-state index < -0.39 is 0 Å². The molecule has 3 rings (SSSR count). The van der Waals surface area contributed by atoms with Gasteiger partial charge in [-0.25, -0.2) is 12.2 Å². The number of hydrogen-bond donors (Lipinski definition) is 0. The van der Waals surface area contributed by atoms with Gasteiger partial charge in [-0.1, -0.05) is 12.1 Å². The predicted molar refractivity (Wildman–Crippen MR) is 97.8 cm³/mol. The summed E-state index contributed by atoms with van der Waals surface area (Å²) in [4.78, 5) is 9.57. The standard InChI is InChI=1S/C22H16N2.2Y/c1-3-5-7-11-17-15-16-18(12-8-6-4-2)22-21(17)23-19-13-9-10-14-20(19)24-22;;/h5-10,13-16H,1-2H3;;/q-4;;. The van der Waals surface area contributed by atoms with E-state index in [0.717, 1.165) is 33.2 Å². The maximum absolute atomic E-state index is 4.79. The van der Waals surface area contributed by atoms with E-state index in [9.17, 15) is 0 Å². The molecule has 0 aliphatic carbocycles. The quantitative estimate of drug-likeness (QED) is 0.297. The van der Waals surface area contributed by atoms with Crippen LogP contribution in [0.1, 0.15) is 25.0 Å². The van der Waals surface area contributed by atoms with Gasteiger partial charge in [0.25, 0.3) is 0 Å². The molecular weight excluding hydrogens is 470 g/mol.